The Bertz CT molecular complexity index is 425. The Morgan fingerprint density at radius 2 is 2.00 bits per heavy atom. The Hall–Kier alpha value is -2.30. The van der Waals surface area contributed by atoms with Crippen LogP contribution in [0.3, 0.4) is 0 Å². The highest BCUT2D eigenvalue weighted by molar-refractivity contribution is 6.01. The molecule has 1 rings (SSSR count). The van der Waals surface area contributed by atoms with Crippen LogP contribution in [0.25, 0.3) is 0 Å². The first-order chi connectivity index (χ1) is 8.65. The van der Waals surface area contributed by atoms with Gasteiger partial charge in [-0.2, -0.15) is 0 Å². The van der Waals surface area contributed by atoms with E-state index in [1.807, 2.05) is 0 Å². The van der Waals surface area contributed by atoms with Gasteiger partial charge in [-0.25, -0.2) is 0 Å². The van der Waals surface area contributed by atoms with E-state index < -0.39 is 11.9 Å². The van der Waals surface area contributed by atoms with Crippen molar-refractivity contribution >= 4 is 17.6 Å². The molecule has 1 amide bonds. The van der Waals surface area contributed by atoms with Gasteiger partial charge in [0.05, 0.1) is 7.11 Å². The monoisotopic (exact) mass is 249 g/mol. The fourth-order valence-corrected chi connectivity index (χ4v) is 1.20. The average Bonchev–Trinajstić information content (AvgIpc) is 2.37. The summed E-state index contributed by atoms with van der Waals surface area (Å²) in [6.45, 7) is 3.97. The normalized spacial score (nSPS) is 9.39. The summed E-state index contributed by atoms with van der Waals surface area (Å²) in [4.78, 5) is 22.3. The van der Waals surface area contributed by atoms with Crippen molar-refractivity contribution in [3.8, 4) is 5.75 Å². The zero-order valence-corrected chi connectivity index (χ0v) is 10.1. The lowest BCUT2D eigenvalue weighted by molar-refractivity contribution is -0.142. The molecule has 0 spiro atoms. The number of carbonyl (C=O) groups excluding carboxylic acids is 2. The molecule has 1 aromatic carbocycles. The van der Waals surface area contributed by atoms with Crippen molar-refractivity contribution in [2.45, 2.75) is 6.42 Å². The number of nitrogens with one attached hydrogen (secondary N) is 1. The summed E-state index contributed by atoms with van der Waals surface area (Å²) >= 11 is 0. The van der Waals surface area contributed by atoms with Crippen molar-refractivity contribution in [1.29, 1.82) is 0 Å². The maximum atomic E-state index is 11.4. The van der Waals surface area contributed by atoms with E-state index in [1.54, 1.807) is 30.3 Å². The second-order valence-corrected chi connectivity index (χ2v) is 3.43. The van der Waals surface area contributed by atoms with E-state index in [-0.39, 0.29) is 6.42 Å². The molecule has 0 unspecified atom stereocenters. The zero-order valence-electron chi connectivity index (χ0n) is 10.1. The number of methoxy groups -OCH3 is 1. The predicted molar refractivity (Wildman–Crippen MR) is 67.4 cm³/mol. The molecule has 0 atom stereocenters. The lowest BCUT2D eigenvalue weighted by atomic mass is 10.3. The third-order valence-electron chi connectivity index (χ3n) is 2.04. The number of hydrogen-bond donors (Lipinski definition) is 1. The van der Waals surface area contributed by atoms with Gasteiger partial charge in [0.25, 0.3) is 0 Å². The minimum Gasteiger partial charge on any atom is -0.490 e. The summed E-state index contributed by atoms with van der Waals surface area (Å²) < 4.78 is 9.69. The third kappa shape index (κ3) is 4.69. The van der Waals surface area contributed by atoms with Crippen LogP contribution in [0, 0.1) is 0 Å². The van der Waals surface area contributed by atoms with Crippen molar-refractivity contribution in [2.75, 3.05) is 19.0 Å². The summed E-state index contributed by atoms with van der Waals surface area (Å²) in [6, 6.07) is 6.82. The van der Waals surface area contributed by atoms with Crippen molar-refractivity contribution in [3.05, 3.63) is 36.9 Å². The van der Waals surface area contributed by atoms with Gasteiger partial charge in [-0.3, -0.25) is 9.59 Å². The van der Waals surface area contributed by atoms with Gasteiger partial charge in [-0.15, -0.1) is 0 Å². The van der Waals surface area contributed by atoms with Gasteiger partial charge >= 0.3 is 5.97 Å². The Kier molecular flexibility index (Phi) is 5.44. The lowest BCUT2D eigenvalue weighted by Gasteiger charge is -2.06. The highest BCUT2D eigenvalue weighted by atomic mass is 16.5. The molecular formula is C13H15NO4. The van der Waals surface area contributed by atoms with E-state index in [0.29, 0.717) is 18.0 Å². The molecule has 1 N–H and O–H groups in total. The van der Waals surface area contributed by atoms with Gasteiger partial charge in [0, 0.05) is 5.69 Å². The van der Waals surface area contributed by atoms with Gasteiger partial charge in [0.1, 0.15) is 18.8 Å². The molecule has 0 radical (unpaired) electrons. The molecule has 0 bridgehead atoms. The van der Waals surface area contributed by atoms with Gasteiger partial charge in [-0.1, -0.05) is 12.7 Å². The van der Waals surface area contributed by atoms with E-state index in [0.717, 1.165) is 0 Å². The van der Waals surface area contributed by atoms with Gasteiger partial charge in [0.2, 0.25) is 5.91 Å². The number of ether oxygens (including phenoxy) is 2. The van der Waals surface area contributed by atoms with Crippen LogP contribution >= 0.6 is 0 Å². The van der Waals surface area contributed by atoms with Crippen molar-refractivity contribution < 1.29 is 19.1 Å². The molecule has 0 heterocycles. The second-order valence-electron chi connectivity index (χ2n) is 3.43. The highest BCUT2D eigenvalue weighted by Gasteiger charge is 2.09. The van der Waals surface area contributed by atoms with Crippen LogP contribution in [-0.2, 0) is 14.3 Å². The summed E-state index contributed by atoms with van der Waals surface area (Å²) in [6.07, 6.45) is 1.34. The van der Waals surface area contributed by atoms with E-state index in [1.165, 1.54) is 7.11 Å². The highest BCUT2D eigenvalue weighted by Crippen LogP contribution is 2.15. The number of benzene rings is 1. The van der Waals surface area contributed by atoms with Gasteiger partial charge < -0.3 is 14.8 Å². The molecule has 0 aliphatic heterocycles. The van der Waals surface area contributed by atoms with Crippen LogP contribution < -0.4 is 10.1 Å². The number of amides is 1. The van der Waals surface area contributed by atoms with Crippen LogP contribution in [0.2, 0.25) is 0 Å². The number of esters is 1. The number of hydrogen-bond acceptors (Lipinski definition) is 4. The summed E-state index contributed by atoms with van der Waals surface area (Å²) in [5.41, 5.74) is 0.592. The van der Waals surface area contributed by atoms with E-state index >= 15 is 0 Å². The topological polar surface area (TPSA) is 64.6 Å². The standard InChI is InChI=1S/C13H15NO4/c1-3-8-18-11-6-4-10(5-7-11)14-12(15)9-13(16)17-2/h3-7H,1,8-9H2,2H3,(H,14,15). The molecule has 0 fully saturated rings. The maximum absolute atomic E-state index is 11.4. The van der Waals surface area contributed by atoms with Crippen molar-refractivity contribution in [2.24, 2.45) is 0 Å². The zero-order chi connectivity index (χ0) is 13.4. The second kappa shape index (κ2) is 7.11. The molecule has 5 nitrogen and oxygen atoms in total. The van der Waals surface area contributed by atoms with E-state index in [2.05, 4.69) is 16.6 Å². The van der Waals surface area contributed by atoms with Crippen LogP contribution in [0.15, 0.2) is 36.9 Å². The molecule has 1 aromatic rings. The van der Waals surface area contributed by atoms with E-state index in [9.17, 15) is 9.59 Å². The Labute approximate surface area is 105 Å². The van der Waals surface area contributed by atoms with E-state index in [4.69, 9.17) is 4.74 Å². The first kappa shape index (κ1) is 13.8. The molecule has 0 saturated carbocycles. The van der Waals surface area contributed by atoms with Crippen LogP contribution in [0.5, 0.6) is 5.75 Å². The largest absolute Gasteiger partial charge is 0.490 e. The number of anilines is 1. The fraction of sp³-hybridized carbons (Fsp3) is 0.231. The molecule has 5 heteroatoms. The SMILES string of the molecule is C=CCOc1ccc(NC(=O)CC(=O)OC)cc1. The summed E-state index contributed by atoms with van der Waals surface area (Å²) in [5.74, 6) is -0.305. The molecule has 0 saturated heterocycles. The predicted octanol–water partition coefficient (Wildman–Crippen LogP) is 1.75. The number of carbonyl (C=O) groups is 2. The van der Waals surface area contributed by atoms with Crippen molar-refractivity contribution in [3.63, 3.8) is 0 Å². The third-order valence-corrected chi connectivity index (χ3v) is 2.04. The Morgan fingerprint density at radius 3 is 2.56 bits per heavy atom. The first-order valence-electron chi connectivity index (χ1n) is 5.36. The van der Waals surface area contributed by atoms with Crippen molar-refractivity contribution in [1.82, 2.24) is 0 Å². The number of rotatable bonds is 6. The van der Waals surface area contributed by atoms with Crippen LogP contribution in [0.4, 0.5) is 5.69 Å². The quantitative estimate of drug-likeness (QED) is 0.474. The summed E-state index contributed by atoms with van der Waals surface area (Å²) in [5, 5.41) is 2.57. The maximum Gasteiger partial charge on any atom is 0.315 e. The van der Waals surface area contributed by atoms with Crippen LogP contribution in [-0.4, -0.2) is 25.6 Å². The average molecular weight is 249 g/mol. The first-order valence-corrected chi connectivity index (χ1v) is 5.36. The molecule has 0 aliphatic carbocycles. The fourth-order valence-electron chi connectivity index (χ4n) is 1.20. The molecule has 18 heavy (non-hydrogen) atoms. The molecule has 0 aromatic heterocycles. The minimum atomic E-state index is -0.571. The van der Waals surface area contributed by atoms with Gasteiger partial charge in [0.15, 0.2) is 0 Å². The molecule has 0 aliphatic rings. The minimum absolute atomic E-state index is 0.300. The van der Waals surface area contributed by atoms with Gasteiger partial charge in [-0.05, 0) is 24.3 Å². The molecule has 96 valence electrons. The Balaban J connectivity index is 2.50. The smallest absolute Gasteiger partial charge is 0.315 e. The lowest BCUT2D eigenvalue weighted by Crippen LogP contribution is -2.17. The Morgan fingerprint density at radius 1 is 1.33 bits per heavy atom. The summed E-state index contributed by atoms with van der Waals surface area (Å²) in [7, 11) is 1.24. The molecular weight excluding hydrogens is 234 g/mol. The van der Waals surface area contributed by atoms with Crippen LogP contribution in [0.1, 0.15) is 6.42 Å².